The Bertz CT molecular complexity index is 1250. The number of rotatable bonds is 10. The van der Waals surface area contributed by atoms with Crippen LogP contribution < -0.4 is 20.3 Å². The summed E-state index contributed by atoms with van der Waals surface area (Å²) >= 11 is 1.30. The summed E-state index contributed by atoms with van der Waals surface area (Å²) in [5, 5.41) is 7.63. The van der Waals surface area contributed by atoms with Crippen LogP contribution in [0.5, 0.6) is 5.75 Å². The molecule has 1 heterocycles. The number of benzene rings is 2. The van der Waals surface area contributed by atoms with Crippen molar-refractivity contribution in [2.24, 2.45) is 0 Å². The molecule has 0 fully saturated rings. The Morgan fingerprint density at radius 3 is 2.46 bits per heavy atom. The van der Waals surface area contributed by atoms with Gasteiger partial charge in [0.2, 0.25) is 11.8 Å². The van der Waals surface area contributed by atoms with Gasteiger partial charge in [0.1, 0.15) is 11.8 Å². The van der Waals surface area contributed by atoms with Gasteiger partial charge < -0.3 is 15.4 Å². The van der Waals surface area contributed by atoms with Gasteiger partial charge in [-0.15, -0.1) is 11.3 Å². The predicted molar refractivity (Wildman–Crippen MR) is 148 cm³/mol. The summed E-state index contributed by atoms with van der Waals surface area (Å²) < 4.78 is 5.42. The van der Waals surface area contributed by atoms with E-state index in [1.54, 1.807) is 48.9 Å². The number of thiophene rings is 1. The zero-order chi connectivity index (χ0) is 27.2. The van der Waals surface area contributed by atoms with E-state index in [1.165, 1.54) is 16.2 Å². The fraction of sp³-hybridized carbons (Fsp3) is 0.345. The minimum atomic E-state index is -0.993. The first kappa shape index (κ1) is 27.9. The summed E-state index contributed by atoms with van der Waals surface area (Å²) in [4.78, 5) is 42.4. The third kappa shape index (κ3) is 6.98. The van der Waals surface area contributed by atoms with Gasteiger partial charge in [0.05, 0.1) is 18.5 Å². The molecule has 0 aliphatic rings. The maximum absolute atomic E-state index is 13.9. The van der Waals surface area contributed by atoms with E-state index in [4.69, 9.17) is 4.74 Å². The molecule has 3 amide bonds. The Kier molecular flexibility index (Phi) is 9.10. The van der Waals surface area contributed by atoms with Crippen molar-refractivity contribution in [2.75, 3.05) is 18.6 Å². The summed E-state index contributed by atoms with van der Waals surface area (Å²) in [5.41, 5.74) is 2.49. The summed E-state index contributed by atoms with van der Waals surface area (Å²) in [5.74, 6) is -0.488. The zero-order valence-electron chi connectivity index (χ0n) is 22.3. The lowest BCUT2D eigenvalue weighted by Gasteiger charge is -2.35. The van der Waals surface area contributed by atoms with E-state index in [1.807, 2.05) is 52.8 Å². The van der Waals surface area contributed by atoms with Crippen molar-refractivity contribution in [1.29, 1.82) is 0 Å². The average Bonchev–Trinajstić information content (AvgIpc) is 3.42. The van der Waals surface area contributed by atoms with Crippen LogP contribution in [0.2, 0.25) is 0 Å². The average molecular weight is 522 g/mol. The third-order valence-corrected chi connectivity index (χ3v) is 7.17. The highest BCUT2D eigenvalue weighted by atomic mass is 32.1. The van der Waals surface area contributed by atoms with Crippen molar-refractivity contribution >= 4 is 34.7 Å². The van der Waals surface area contributed by atoms with Crippen LogP contribution in [0.15, 0.2) is 60.0 Å². The summed E-state index contributed by atoms with van der Waals surface area (Å²) in [6, 6.07) is 15.4. The lowest BCUT2D eigenvalue weighted by Crippen LogP contribution is -2.52. The molecule has 0 saturated carbocycles. The van der Waals surface area contributed by atoms with Crippen molar-refractivity contribution in [3.8, 4) is 5.75 Å². The molecule has 0 saturated heterocycles. The number of hydrogen-bond acceptors (Lipinski definition) is 5. The molecular weight excluding hydrogens is 486 g/mol. The molecule has 7 nitrogen and oxygen atoms in total. The number of nitrogens with zero attached hydrogens (tertiary/aromatic N) is 1. The Morgan fingerprint density at radius 2 is 1.81 bits per heavy atom. The number of amides is 3. The van der Waals surface area contributed by atoms with Gasteiger partial charge in [-0.2, -0.15) is 0 Å². The first-order chi connectivity index (χ1) is 17.6. The van der Waals surface area contributed by atoms with E-state index >= 15 is 0 Å². The highest BCUT2D eigenvalue weighted by Gasteiger charge is 2.36. The van der Waals surface area contributed by atoms with Gasteiger partial charge in [-0.25, -0.2) is 0 Å². The number of ether oxygens (including phenoxy) is 1. The third-order valence-electron chi connectivity index (χ3n) is 6.30. The monoisotopic (exact) mass is 521 g/mol. The molecule has 3 rings (SSSR count). The van der Waals surface area contributed by atoms with Gasteiger partial charge in [-0.3, -0.25) is 19.3 Å². The molecule has 0 spiro atoms. The standard InChI is InChI=1S/C29H35N3O4S/c1-7-29(4,5)31-28(35)26(21-10-8-11-22(17-21)36-6)32(23-16-19(2)13-14-20(23)3)25(33)18-30-27(34)24-12-9-15-37-24/h8-17,26H,7,18H2,1-6H3,(H,30,34)(H,31,35)/t26-/m0/s1. The molecule has 37 heavy (non-hydrogen) atoms. The Labute approximate surface area is 222 Å². The molecule has 2 N–H and O–H groups in total. The molecule has 0 aliphatic heterocycles. The van der Waals surface area contributed by atoms with Crippen molar-refractivity contribution in [3.05, 3.63) is 81.5 Å². The molecule has 0 unspecified atom stereocenters. The molecule has 3 aromatic rings. The number of methoxy groups -OCH3 is 1. The van der Waals surface area contributed by atoms with E-state index < -0.39 is 17.5 Å². The molecule has 8 heteroatoms. The van der Waals surface area contributed by atoms with Gasteiger partial charge in [0, 0.05) is 11.2 Å². The minimum Gasteiger partial charge on any atom is -0.497 e. The van der Waals surface area contributed by atoms with Crippen molar-refractivity contribution in [3.63, 3.8) is 0 Å². The van der Waals surface area contributed by atoms with E-state index in [0.717, 1.165) is 11.1 Å². The number of nitrogens with one attached hydrogen (secondary N) is 2. The quantitative estimate of drug-likeness (QED) is 0.385. The molecular formula is C29H35N3O4S. The number of aryl methyl sites for hydroxylation is 2. The topological polar surface area (TPSA) is 87.7 Å². The second kappa shape index (κ2) is 12.1. The molecule has 1 atom stereocenters. The number of carbonyl (C=O) groups excluding carboxylic acids is 3. The van der Waals surface area contributed by atoms with Crippen LogP contribution in [0.25, 0.3) is 0 Å². The van der Waals surface area contributed by atoms with Crippen LogP contribution in [0.1, 0.15) is 59.6 Å². The van der Waals surface area contributed by atoms with Gasteiger partial charge in [0.15, 0.2) is 0 Å². The second-order valence-electron chi connectivity index (χ2n) is 9.62. The van der Waals surface area contributed by atoms with Crippen LogP contribution in [0.4, 0.5) is 5.69 Å². The highest BCUT2D eigenvalue weighted by Crippen LogP contribution is 2.33. The fourth-order valence-corrected chi connectivity index (χ4v) is 4.49. The molecule has 0 aliphatic carbocycles. The molecule has 196 valence electrons. The van der Waals surface area contributed by atoms with Gasteiger partial charge in [0.25, 0.3) is 5.91 Å². The summed E-state index contributed by atoms with van der Waals surface area (Å²) in [6.07, 6.45) is 0.706. The van der Waals surface area contributed by atoms with Crippen LogP contribution in [-0.4, -0.2) is 36.9 Å². The SMILES string of the molecule is CCC(C)(C)NC(=O)[C@H](c1cccc(OC)c1)N(C(=O)CNC(=O)c1cccs1)c1cc(C)ccc1C. The van der Waals surface area contributed by atoms with E-state index in [0.29, 0.717) is 28.3 Å². The van der Waals surface area contributed by atoms with Crippen molar-refractivity contribution in [1.82, 2.24) is 10.6 Å². The van der Waals surface area contributed by atoms with Crippen molar-refractivity contribution < 1.29 is 19.1 Å². The van der Waals surface area contributed by atoms with Gasteiger partial charge >= 0.3 is 0 Å². The molecule has 2 aromatic carbocycles. The number of anilines is 1. The van der Waals surface area contributed by atoms with Crippen LogP contribution >= 0.6 is 11.3 Å². The highest BCUT2D eigenvalue weighted by molar-refractivity contribution is 7.12. The number of hydrogen-bond donors (Lipinski definition) is 2. The predicted octanol–water partition coefficient (Wildman–Crippen LogP) is 5.18. The Hall–Kier alpha value is -3.65. The maximum atomic E-state index is 13.9. The van der Waals surface area contributed by atoms with E-state index in [9.17, 15) is 14.4 Å². The van der Waals surface area contributed by atoms with E-state index in [-0.39, 0.29) is 18.4 Å². The first-order valence-corrected chi connectivity index (χ1v) is 13.1. The maximum Gasteiger partial charge on any atom is 0.261 e. The zero-order valence-corrected chi connectivity index (χ0v) is 23.1. The second-order valence-corrected chi connectivity index (χ2v) is 10.6. The van der Waals surface area contributed by atoms with Crippen LogP contribution in [0, 0.1) is 13.8 Å². The van der Waals surface area contributed by atoms with Crippen LogP contribution in [-0.2, 0) is 9.59 Å². The van der Waals surface area contributed by atoms with Crippen LogP contribution in [0.3, 0.4) is 0 Å². The molecule has 0 bridgehead atoms. The van der Waals surface area contributed by atoms with Crippen molar-refractivity contribution in [2.45, 2.75) is 52.6 Å². The molecule has 0 radical (unpaired) electrons. The fourth-order valence-electron chi connectivity index (χ4n) is 3.85. The Balaban J connectivity index is 2.11. The Morgan fingerprint density at radius 1 is 1.05 bits per heavy atom. The minimum absolute atomic E-state index is 0.269. The number of carbonyl (C=O) groups is 3. The normalized spacial score (nSPS) is 11.9. The van der Waals surface area contributed by atoms with E-state index in [2.05, 4.69) is 10.6 Å². The van der Waals surface area contributed by atoms with Gasteiger partial charge in [-0.05, 0) is 80.5 Å². The largest absolute Gasteiger partial charge is 0.497 e. The summed E-state index contributed by atoms with van der Waals surface area (Å²) in [6.45, 7) is 9.45. The lowest BCUT2D eigenvalue weighted by atomic mass is 9.97. The first-order valence-electron chi connectivity index (χ1n) is 12.2. The smallest absolute Gasteiger partial charge is 0.261 e. The van der Waals surface area contributed by atoms with Gasteiger partial charge in [-0.1, -0.05) is 37.3 Å². The molecule has 1 aromatic heterocycles. The lowest BCUT2D eigenvalue weighted by molar-refractivity contribution is -0.127. The summed E-state index contributed by atoms with van der Waals surface area (Å²) in [7, 11) is 1.56.